The van der Waals surface area contributed by atoms with Crippen molar-refractivity contribution in [2.24, 2.45) is 0 Å². The highest BCUT2D eigenvalue weighted by Gasteiger charge is 2.17. The van der Waals surface area contributed by atoms with Crippen LogP contribution in [0, 0.1) is 0 Å². The summed E-state index contributed by atoms with van der Waals surface area (Å²) in [6.07, 6.45) is 0. The molecule has 0 aromatic carbocycles. The van der Waals surface area contributed by atoms with Gasteiger partial charge in [-0.3, -0.25) is 14.5 Å². The van der Waals surface area contributed by atoms with Gasteiger partial charge in [0.1, 0.15) is 0 Å². The summed E-state index contributed by atoms with van der Waals surface area (Å²) < 4.78 is 4.55. The fourth-order valence-corrected chi connectivity index (χ4v) is 1.19. The van der Waals surface area contributed by atoms with Crippen molar-refractivity contribution in [2.75, 3.05) is 26.7 Å². The minimum Gasteiger partial charge on any atom is -0.468 e. The maximum atomic E-state index is 11.6. The van der Waals surface area contributed by atoms with Crippen LogP contribution in [0.5, 0.6) is 0 Å². The third kappa shape index (κ3) is 7.23. The quantitative estimate of drug-likeness (QED) is 0.694. The van der Waals surface area contributed by atoms with E-state index in [-0.39, 0.29) is 30.5 Å². The largest absolute Gasteiger partial charge is 0.468 e. The van der Waals surface area contributed by atoms with E-state index in [1.165, 1.54) is 7.11 Å². The van der Waals surface area contributed by atoms with Gasteiger partial charge in [-0.2, -0.15) is 0 Å². The number of hydrogen-bond donors (Lipinski definition) is 1. The molecule has 0 heterocycles. The second kappa shape index (κ2) is 6.48. The number of likely N-dealkylation sites (N-methyl/N-ethyl adjacent to an activating group) is 1. The molecule has 0 rings (SSSR count). The first-order valence-electron chi connectivity index (χ1n) is 5.38. The van der Waals surface area contributed by atoms with Crippen LogP contribution in [-0.2, 0) is 14.3 Å². The van der Waals surface area contributed by atoms with Crippen molar-refractivity contribution >= 4 is 11.9 Å². The van der Waals surface area contributed by atoms with Crippen molar-refractivity contribution in [2.45, 2.75) is 33.2 Å². The lowest BCUT2D eigenvalue weighted by atomic mass is 10.1. The Morgan fingerprint density at radius 2 is 1.81 bits per heavy atom. The molecule has 1 amide bonds. The van der Waals surface area contributed by atoms with Crippen LogP contribution in [0.3, 0.4) is 0 Å². The van der Waals surface area contributed by atoms with Crippen molar-refractivity contribution < 1.29 is 14.3 Å². The van der Waals surface area contributed by atoms with E-state index in [0.29, 0.717) is 6.54 Å². The molecule has 0 fully saturated rings. The maximum absolute atomic E-state index is 11.6. The van der Waals surface area contributed by atoms with E-state index in [1.54, 1.807) is 4.90 Å². The molecule has 0 unspecified atom stereocenters. The molecule has 94 valence electrons. The van der Waals surface area contributed by atoms with Crippen LogP contribution >= 0.6 is 0 Å². The molecular weight excluding hydrogens is 208 g/mol. The van der Waals surface area contributed by atoms with Gasteiger partial charge in [-0.15, -0.1) is 0 Å². The predicted octanol–water partition coefficient (Wildman–Crippen LogP) is 0.396. The summed E-state index contributed by atoms with van der Waals surface area (Å²) in [5, 5.41) is 2.84. The first-order valence-corrected chi connectivity index (χ1v) is 5.38. The van der Waals surface area contributed by atoms with Gasteiger partial charge in [0.05, 0.1) is 20.2 Å². The fourth-order valence-electron chi connectivity index (χ4n) is 1.19. The zero-order valence-corrected chi connectivity index (χ0v) is 10.8. The molecule has 0 spiro atoms. The van der Waals surface area contributed by atoms with Crippen molar-refractivity contribution in [1.29, 1.82) is 0 Å². The molecule has 0 atom stereocenters. The lowest BCUT2D eigenvalue weighted by molar-refractivity contribution is -0.142. The van der Waals surface area contributed by atoms with Crippen molar-refractivity contribution in [1.82, 2.24) is 10.2 Å². The number of esters is 1. The zero-order valence-electron chi connectivity index (χ0n) is 10.8. The summed E-state index contributed by atoms with van der Waals surface area (Å²) in [5.74, 6) is -0.413. The average Bonchev–Trinajstić information content (AvgIpc) is 2.13. The molecule has 0 aliphatic rings. The molecular formula is C11H22N2O3. The molecule has 0 aromatic heterocycles. The second-order valence-corrected chi connectivity index (χ2v) is 4.68. The van der Waals surface area contributed by atoms with E-state index >= 15 is 0 Å². The van der Waals surface area contributed by atoms with Gasteiger partial charge in [0.25, 0.3) is 0 Å². The van der Waals surface area contributed by atoms with Gasteiger partial charge in [0, 0.05) is 5.54 Å². The fraction of sp³-hybridized carbons (Fsp3) is 0.818. The van der Waals surface area contributed by atoms with Crippen molar-refractivity contribution in [3.8, 4) is 0 Å². The molecule has 0 aromatic rings. The molecule has 16 heavy (non-hydrogen) atoms. The Hall–Kier alpha value is -1.10. The number of nitrogens with zero attached hydrogens (tertiary/aromatic N) is 1. The van der Waals surface area contributed by atoms with Gasteiger partial charge >= 0.3 is 5.97 Å². The van der Waals surface area contributed by atoms with E-state index < -0.39 is 0 Å². The topological polar surface area (TPSA) is 58.6 Å². The molecule has 0 saturated carbocycles. The zero-order chi connectivity index (χ0) is 12.8. The van der Waals surface area contributed by atoms with Crippen LogP contribution in [0.25, 0.3) is 0 Å². The first-order chi connectivity index (χ1) is 7.28. The van der Waals surface area contributed by atoms with Crippen molar-refractivity contribution in [3.05, 3.63) is 0 Å². The molecule has 0 saturated heterocycles. The van der Waals surface area contributed by atoms with E-state index in [2.05, 4.69) is 10.1 Å². The highest BCUT2D eigenvalue weighted by molar-refractivity contribution is 5.79. The number of carbonyl (C=O) groups is 2. The van der Waals surface area contributed by atoms with E-state index in [1.807, 2.05) is 27.7 Å². The maximum Gasteiger partial charge on any atom is 0.319 e. The minimum absolute atomic E-state index is 0.0850. The third-order valence-corrected chi connectivity index (χ3v) is 1.91. The SMILES string of the molecule is CCN(CC(=O)NC(C)(C)C)CC(=O)OC. The molecule has 0 radical (unpaired) electrons. The summed E-state index contributed by atoms with van der Waals surface area (Å²) in [5.41, 5.74) is -0.248. The smallest absolute Gasteiger partial charge is 0.319 e. The van der Waals surface area contributed by atoms with E-state index in [0.717, 1.165) is 0 Å². The molecule has 0 aliphatic heterocycles. The molecule has 0 bridgehead atoms. The summed E-state index contributed by atoms with van der Waals surface area (Å²) in [6, 6.07) is 0. The Bertz CT molecular complexity index is 246. The molecule has 1 N–H and O–H groups in total. The standard InChI is InChI=1S/C11H22N2O3/c1-6-13(8-10(15)16-5)7-9(14)12-11(2,3)4/h6-8H2,1-5H3,(H,12,14). The summed E-state index contributed by atoms with van der Waals surface area (Å²) in [7, 11) is 1.34. The predicted molar refractivity (Wildman–Crippen MR) is 62.0 cm³/mol. The van der Waals surface area contributed by atoms with Crippen LogP contribution < -0.4 is 5.32 Å². The summed E-state index contributed by atoms with van der Waals surface area (Å²) in [6.45, 7) is 8.64. The van der Waals surface area contributed by atoms with Gasteiger partial charge in [-0.25, -0.2) is 0 Å². The number of ether oxygens (including phenoxy) is 1. The summed E-state index contributed by atoms with van der Waals surface area (Å²) in [4.78, 5) is 24.4. The molecule has 5 nitrogen and oxygen atoms in total. The number of nitrogens with one attached hydrogen (secondary N) is 1. The Labute approximate surface area is 97.1 Å². The lowest BCUT2D eigenvalue weighted by Gasteiger charge is -2.24. The van der Waals surface area contributed by atoms with Gasteiger partial charge in [0.15, 0.2) is 0 Å². The Morgan fingerprint density at radius 3 is 2.19 bits per heavy atom. The Balaban J connectivity index is 4.12. The lowest BCUT2D eigenvalue weighted by Crippen LogP contribution is -2.46. The van der Waals surface area contributed by atoms with Gasteiger partial charge < -0.3 is 10.1 Å². The number of methoxy groups -OCH3 is 1. The molecule has 0 aliphatic carbocycles. The average molecular weight is 230 g/mol. The van der Waals surface area contributed by atoms with E-state index in [9.17, 15) is 9.59 Å². The van der Waals surface area contributed by atoms with Gasteiger partial charge in [-0.1, -0.05) is 6.92 Å². The normalized spacial score (nSPS) is 11.4. The monoisotopic (exact) mass is 230 g/mol. The number of rotatable bonds is 5. The van der Waals surface area contributed by atoms with Crippen LogP contribution in [0.1, 0.15) is 27.7 Å². The third-order valence-electron chi connectivity index (χ3n) is 1.91. The Kier molecular flexibility index (Phi) is 6.03. The summed E-state index contributed by atoms with van der Waals surface area (Å²) >= 11 is 0. The Morgan fingerprint density at radius 1 is 1.25 bits per heavy atom. The van der Waals surface area contributed by atoms with E-state index in [4.69, 9.17) is 0 Å². The minimum atomic E-state index is -0.328. The molecule has 5 heteroatoms. The van der Waals surface area contributed by atoms with Crippen molar-refractivity contribution in [3.63, 3.8) is 0 Å². The second-order valence-electron chi connectivity index (χ2n) is 4.68. The van der Waals surface area contributed by atoms with Gasteiger partial charge in [-0.05, 0) is 27.3 Å². The van der Waals surface area contributed by atoms with Crippen LogP contribution in [0.15, 0.2) is 0 Å². The van der Waals surface area contributed by atoms with Crippen LogP contribution in [0.2, 0.25) is 0 Å². The number of amides is 1. The number of hydrogen-bond acceptors (Lipinski definition) is 4. The number of carbonyl (C=O) groups excluding carboxylic acids is 2. The highest BCUT2D eigenvalue weighted by Crippen LogP contribution is 1.98. The first kappa shape index (κ1) is 14.9. The van der Waals surface area contributed by atoms with Gasteiger partial charge in [0.2, 0.25) is 5.91 Å². The van der Waals surface area contributed by atoms with Crippen LogP contribution in [0.4, 0.5) is 0 Å². The van der Waals surface area contributed by atoms with Crippen LogP contribution in [-0.4, -0.2) is 49.1 Å². The highest BCUT2D eigenvalue weighted by atomic mass is 16.5.